The van der Waals surface area contributed by atoms with Crippen LogP contribution in [0.4, 0.5) is 0 Å². The first-order valence-electron chi connectivity index (χ1n) is 8.38. The zero-order chi connectivity index (χ0) is 16.1. The van der Waals surface area contributed by atoms with Crippen molar-refractivity contribution in [2.45, 2.75) is 59.5 Å². The third kappa shape index (κ3) is 4.72. The molecule has 0 N–H and O–H groups in total. The van der Waals surface area contributed by atoms with E-state index >= 15 is 0 Å². The Balaban J connectivity index is 2.22. The molecule has 0 aromatic rings. The highest BCUT2D eigenvalue weighted by Crippen LogP contribution is 2.27. The van der Waals surface area contributed by atoms with E-state index in [9.17, 15) is 4.79 Å². The molecule has 0 saturated heterocycles. The van der Waals surface area contributed by atoms with Crippen molar-refractivity contribution in [2.75, 3.05) is 0 Å². The van der Waals surface area contributed by atoms with E-state index in [4.69, 9.17) is 4.74 Å². The van der Waals surface area contributed by atoms with Crippen molar-refractivity contribution in [1.82, 2.24) is 0 Å². The monoisotopic (exact) mass is 300 g/mol. The van der Waals surface area contributed by atoms with Gasteiger partial charge < -0.3 is 4.74 Å². The Hall–Kier alpha value is -1.57. The highest BCUT2D eigenvalue weighted by Gasteiger charge is 2.26. The van der Waals surface area contributed by atoms with Crippen molar-refractivity contribution in [3.8, 4) is 0 Å². The lowest BCUT2D eigenvalue weighted by Gasteiger charge is -2.16. The van der Waals surface area contributed by atoms with Gasteiger partial charge in [-0.15, -0.1) is 0 Å². The Morgan fingerprint density at radius 1 is 1.23 bits per heavy atom. The summed E-state index contributed by atoms with van der Waals surface area (Å²) in [5.41, 5.74) is 3.45. The van der Waals surface area contributed by atoms with Crippen LogP contribution < -0.4 is 0 Å². The molecule has 2 rings (SSSR count). The van der Waals surface area contributed by atoms with Gasteiger partial charge in [-0.2, -0.15) is 0 Å². The number of ether oxygens (including phenoxy) is 1. The topological polar surface area (TPSA) is 26.3 Å². The van der Waals surface area contributed by atoms with Crippen molar-refractivity contribution >= 4 is 5.97 Å². The van der Waals surface area contributed by atoms with Crippen molar-refractivity contribution in [1.29, 1.82) is 0 Å². The summed E-state index contributed by atoms with van der Waals surface area (Å²) in [7, 11) is 0. The molecule has 0 aromatic carbocycles. The first kappa shape index (κ1) is 16.8. The Morgan fingerprint density at radius 3 is 2.73 bits per heavy atom. The van der Waals surface area contributed by atoms with Gasteiger partial charge in [0.2, 0.25) is 0 Å². The molecule has 2 atom stereocenters. The number of esters is 1. The Bertz CT molecular complexity index is 532. The van der Waals surface area contributed by atoms with Gasteiger partial charge >= 0.3 is 5.97 Å². The van der Waals surface area contributed by atoms with Crippen LogP contribution in [0.1, 0.15) is 53.4 Å². The first-order valence-corrected chi connectivity index (χ1v) is 8.38. The Labute approximate surface area is 134 Å². The van der Waals surface area contributed by atoms with Gasteiger partial charge in [-0.3, -0.25) is 0 Å². The van der Waals surface area contributed by atoms with Gasteiger partial charge in [-0.05, 0) is 51.0 Å². The molecule has 2 nitrogen and oxygen atoms in total. The lowest BCUT2D eigenvalue weighted by molar-refractivity contribution is -0.139. The molecule has 2 aliphatic rings. The van der Waals surface area contributed by atoms with E-state index in [0.29, 0.717) is 11.8 Å². The van der Waals surface area contributed by atoms with E-state index in [1.807, 2.05) is 6.08 Å². The molecule has 120 valence electrons. The highest BCUT2D eigenvalue weighted by atomic mass is 16.5. The molecule has 0 spiro atoms. The summed E-state index contributed by atoms with van der Waals surface area (Å²) in [5.74, 6) is 0.956. The van der Waals surface area contributed by atoms with Crippen LogP contribution >= 0.6 is 0 Å². The minimum Gasteiger partial charge on any atom is -0.454 e. The molecule has 2 bridgehead atoms. The van der Waals surface area contributed by atoms with E-state index < -0.39 is 0 Å². The Kier molecular flexibility index (Phi) is 5.82. The molecule has 0 saturated carbocycles. The number of fused-ring (bicyclic) bond motifs is 1. The number of hydrogen-bond acceptors (Lipinski definition) is 2. The minimum atomic E-state index is -0.117. The summed E-state index contributed by atoms with van der Waals surface area (Å²) in [6.45, 7) is 8.75. The van der Waals surface area contributed by atoms with Gasteiger partial charge in [0.25, 0.3) is 0 Å². The molecule has 2 heteroatoms. The van der Waals surface area contributed by atoms with E-state index in [0.717, 1.165) is 31.3 Å². The van der Waals surface area contributed by atoms with Crippen LogP contribution in [-0.4, -0.2) is 12.1 Å². The maximum Gasteiger partial charge on any atom is 0.334 e. The smallest absolute Gasteiger partial charge is 0.334 e. The first-order chi connectivity index (χ1) is 10.5. The number of allylic oxidation sites excluding steroid dienone is 5. The predicted octanol–water partition coefficient (Wildman–Crippen LogP) is 5.13. The third-order valence-corrected chi connectivity index (χ3v) is 4.55. The highest BCUT2D eigenvalue weighted by molar-refractivity contribution is 5.90. The fourth-order valence-corrected chi connectivity index (χ4v) is 2.99. The molecule has 0 radical (unpaired) electrons. The lowest BCUT2D eigenvalue weighted by atomic mass is 9.88. The molecule has 1 heterocycles. The molecular formula is C20H28O2. The van der Waals surface area contributed by atoms with Crippen molar-refractivity contribution in [3.63, 3.8) is 0 Å². The molecule has 0 aromatic heterocycles. The summed E-state index contributed by atoms with van der Waals surface area (Å²) in [6.07, 6.45) is 14.5. The molecule has 22 heavy (non-hydrogen) atoms. The van der Waals surface area contributed by atoms with Crippen LogP contribution in [0.2, 0.25) is 0 Å². The molecular weight excluding hydrogens is 272 g/mol. The number of rotatable bonds is 1. The number of carbonyl (C=O) groups is 1. The van der Waals surface area contributed by atoms with E-state index in [1.54, 1.807) is 0 Å². The van der Waals surface area contributed by atoms with Crippen molar-refractivity contribution in [3.05, 3.63) is 47.1 Å². The van der Waals surface area contributed by atoms with E-state index in [-0.39, 0.29) is 12.1 Å². The summed E-state index contributed by atoms with van der Waals surface area (Å²) < 4.78 is 5.48. The summed E-state index contributed by atoms with van der Waals surface area (Å²) >= 11 is 0. The quantitative estimate of drug-likeness (QED) is 0.495. The van der Waals surface area contributed by atoms with Crippen LogP contribution in [0.15, 0.2) is 47.1 Å². The van der Waals surface area contributed by atoms with Crippen LogP contribution in [-0.2, 0) is 9.53 Å². The fourth-order valence-electron chi connectivity index (χ4n) is 2.99. The van der Waals surface area contributed by atoms with Crippen LogP contribution in [0.25, 0.3) is 0 Å². The minimum absolute atomic E-state index is 0.0696. The average molecular weight is 300 g/mol. The van der Waals surface area contributed by atoms with Gasteiger partial charge in [0.05, 0.1) is 0 Å². The number of carbonyl (C=O) groups excluding carboxylic acids is 1. The maximum atomic E-state index is 12.0. The van der Waals surface area contributed by atoms with Crippen LogP contribution in [0.3, 0.4) is 0 Å². The molecule has 1 aliphatic carbocycles. The van der Waals surface area contributed by atoms with Crippen LogP contribution in [0, 0.1) is 11.8 Å². The van der Waals surface area contributed by atoms with Gasteiger partial charge in [0, 0.05) is 12.0 Å². The molecule has 1 aliphatic heterocycles. The summed E-state index contributed by atoms with van der Waals surface area (Å²) in [6, 6.07) is 0. The lowest BCUT2D eigenvalue weighted by Crippen LogP contribution is -2.10. The summed E-state index contributed by atoms with van der Waals surface area (Å²) in [5, 5.41) is 0. The van der Waals surface area contributed by atoms with Crippen molar-refractivity contribution < 1.29 is 9.53 Å². The third-order valence-electron chi connectivity index (χ3n) is 4.55. The molecule has 0 fully saturated rings. The molecule has 0 unspecified atom stereocenters. The normalized spacial score (nSPS) is 33.1. The van der Waals surface area contributed by atoms with Gasteiger partial charge in [-0.25, -0.2) is 4.79 Å². The zero-order valence-corrected chi connectivity index (χ0v) is 14.3. The standard InChI is InChI=1S/C20H28O2/c1-14(2)17-9-8-15(3)6-5-7-16(4)12-19-13-18(11-10-17)20(21)22-19/h6-9,13-14,17,19H,5,10-12H2,1-4H3/b9-8+,15-6+,16-7+/t17-,19-/m1/s1. The average Bonchev–Trinajstić information content (AvgIpc) is 2.77. The number of hydrogen-bond donors (Lipinski definition) is 0. The van der Waals surface area contributed by atoms with Crippen molar-refractivity contribution in [2.24, 2.45) is 11.8 Å². The maximum absolute atomic E-state index is 12.0. The largest absolute Gasteiger partial charge is 0.454 e. The van der Waals surface area contributed by atoms with Gasteiger partial charge in [-0.1, -0.05) is 49.3 Å². The second-order valence-corrected chi connectivity index (χ2v) is 6.88. The predicted molar refractivity (Wildman–Crippen MR) is 91.4 cm³/mol. The van der Waals surface area contributed by atoms with Gasteiger partial charge in [0.1, 0.15) is 6.10 Å². The van der Waals surface area contributed by atoms with E-state index in [1.165, 1.54) is 11.1 Å². The SMILES string of the molecule is CC1=C\C/C=C(\C)C[C@@H]2C=C(CC[C@H](C(C)C)\C=C\1)C(=O)O2. The van der Waals surface area contributed by atoms with Crippen LogP contribution in [0.5, 0.6) is 0 Å². The zero-order valence-electron chi connectivity index (χ0n) is 14.3. The fraction of sp³-hybridized carbons (Fsp3) is 0.550. The van der Waals surface area contributed by atoms with E-state index in [2.05, 4.69) is 52.0 Å². The Morgan fingerprint density at radius 2 is 2.00 bits per heavy atom. The summed E-state index contributed by atoms with van der Waals surface area (Å²) in [4.78, 5) is 12.0. The second kappa shape index (κ2) is 7.62. The van der Waals surface area contributed by atoms with Gasteiger partial charge in [0.15, 0.2) is 0 Å². The molecule has 0 amide bonds. The second-order valence-electron chi connectivity index (χ2n) is 6.88.